The summed E-state index contributed by atoms with van der Waals surface area (Å²) in [4.78, 5) is 26.4. The first-order valence-corrected chi connectivity index (χ1v) is 13.2. The fraction of sp³-hybridized carbons (Fsp3) is 0.182. The number of rotatable bonds is 7. The summed E-state index contributed by atoms with van der Waals surface area (Å²) < 4.78 is 15.2. The fourth-order valence-corrected chi connectivity index (χ4v) is 5.63. The maximum atomic E-state index is 13.5. The molecule has 0 aliphatic heterocycles. The Hall–Kier alpha value is -4.58. The van der Waals surface area contributed by atoms with Crippen LogP contribution in [0.2, 0.25) is 0 Å². The Labute approximate surface area is 226 Å². The van der Waals surface area contributed by atoms with E-state index in [-0.39, 0.29) is 22.9 Å². The van der Waals surface area contributed by atoms with E-state index in [1.54, 1.807) is 29.9 Å². The van der Waals surface area contributed by atoms with E-state index >= 15 is 0 Å². The molecule has 0 bridgehead atoms. The number of carbonyl (C=O) groups excluding carboxylic acids is 2. The third-order valence-electron chi connectivity index (χ3n) is 7.92. The van der Waals surface area contributed by atoms with Gasteiger partial charge in [-0.3, -0.25) is 9.59 Å². The van der Waals surface area contributed by atoms with E-state index in [4.69, 9.17) is 0 Å². The van der Waals surface area contributed by atoms with Crippen LogP contribution >= 0.6 is 0 Å². The minimum Gasteiger partial charge on any atom is -0.355 e. The van der Waals surface area contributed by atoms with Gasteiger partial charge in [-0.1, -0.05) is 55.0 Å². The first-order chi connectivity index (χ1) is 19.0. The lowest BCUT2D eigenvalue weighted by atomic mass is 9.61. The molecule has 5 nitrogen and oxygen atoms in total. The molecule has 1 amide bonds. The van der Waals surface area contributed by atoms with Crippen LogP contribution in [0.4, 0.5) is 4.39 Å². The minimum absolute atomic E-state index is 0.0793. The molecule has 1 fully saturated rings. The van der Waals surface area contributed by atoms with Gasteiger partial charge in [0.15, 0.2) is 5.78 Å². The van der Waals surface area contributed by atoms with Gasteiger partial charge in [0.25, 0.3) is 5.91 Å². The molecule has 3 aromatic carbocycles. The van der Waals surface area contributed by atoms with Gasteiger partial charge >= 0.3 is 0 Å². The summed E-state index contributed by atoms with van der Waals surface area (Å²) in [5.41, 5.74) is 5.76. The maximum absolute atomic E-state index is 13.5. The second-order valence-electron chi connectivity index (χ2n) is 10.2. The van der Waals surface area contributed by atoms with E-state index in [1.165, 1.54) is 17.7 Å². The molecular weight excluding hydrogens is 489 g/mol. The van der Waals surface area contributed by atoms with E-state index in [0.29, 0.717) is 34.3 Å². The van der Waals surface area contributed by atoms with Crippen molar-refractivity contribution in [2.45, 2.75) is 31.1 Å². The Bertz CT molecular complexity index is 1690. The van der Waals surface area contributed by atoms with Gasteiger partial charge in [-0.25, -0.2) is 8.91 Å². The maximum Gasteiger partial charge on any atom is 0.255 e. The third kappa shape index (κ3) is 4.52. The lowest BCUT2D eigenvalue weighted by Crippen LogP contribution is -2.36. The topological polar surface area (TPSA) is 63.5 Å². The average Bonchev–Trinajstić information content (AvgIpc) is 3.34. The number of carbonyl (C=O) groups is 2. The van der Waals surface area contributed by atoms with Gasteiger partial charge in [-0.05, 0) is 72.0 Å². The highest BCUT2D eigenvalue weighted by molar-refractivity contribution is 6.07. The second-order valence-corrected chi connectivity index (χ2v) is 10.2. The summed E-state index contributed by atoms with van der Waals surface area (Å²) in [7, 11) is 1.57. The number of hydrogen-bond donors (Lipinski definition) is 1. The summed E-state index contributed by atoms with van der Waals surface area (Å²) in [6.07, 6.45) is 5.49. The largest absolute Gasteiger partial charge is 0.355 e. The highest BCUT2D eigenvalue weighted by Gasteiger charge is 2.40. The number of ketones is 1. The number of benzene rings is 3. The number of aromatic nitrogens is 2. The first kappa shape index (κ1) is 24.7. The molecule has 0 saturated heterocycles. The fourth-order valence-electron chi connectivity index (χ4n) is 5.63. The van der Waals surface area contributed by atoms with Crippen molar-refractivity contribution in [3.05, 3.63) is 120 Å². The normalized spacial score (nSPS) is 14.1. The molecule has 6 heteroatoms. The van der Waals surface area contributed by atoms with Gasteiger partial charge in [0.1, 0.15) is 11.5 Å². The van der Waals surface area contributed by atoms with Crippen LogP contribution in [0.3, 0.4) is 0 Å². The van der Waals surface area contributed by atoms with Crippen molar-refractivity contribution in [3.8, 4) is 22.4 Å². The van der Waals surface area contributed by atoms with Crippen molar-refractivity contribution in [2.24, 2.45) is 0 Å². The van der Waals surface area contributed by atoms with E-state index < -0.39 is 0 Å². The zero-order valence-electron chi connectivity index (χ0n) is 21.7. The Balaban J connectivity index is 1.36. The van der Waals surface area contributed by atoms with Crippen LogP contribution in [-0.4, -0.2) is 28.4 Å². The Morgan fingerprint density at radius 2 is 1.64 bits per heavy atom. The molecule has 194 valence electrons. The van der Waals surface area contributed by atoms with E-state index in [9.17, 15) is 14.0 Å². The summed E-state index contributed by atoms with van der Waals surface area (Å²) in [5.74, 6) is -0.500. The molecule has 0 unspecified atom stereocenters. The summed E-state index contributed by atoms with van der Waals surface area (Å²) >= 11 is 0. The van der Waals surface area contributed by atoms with E-state index in [1.807, 2.05) is 54.6 Å². The number of halogens is 1. The summed E-state index contributed by atoms with van der Waals surface area (Å²) in [6, 6.07) is 27.8. The zero-order chi connectivity index (χ0) is 27.0. The molecule has 1 saturated carbocycles. The second kappa shape index (κ2) is 9.95. The molecular formula is C33H28FN3O2. The highest BCUT2D eigenvalue weighted by atomic mass is 19.1. The van der Waals surface area contributed by atoms with Crippen LogP contribution in [0, 0.1) is 5.82 Å². The molecule has 0 spiro atoms. The molecule has 2 heterocycles. The van der Waals surface area contributed by atoms with Crippen molar-refractivity contribution < 1.29 is 14.0 Å². The standard InChI is InChI=1S/C33H28FN3O2/c1-35-32(39)30-28-20-24(15-18-37(28)36-31(30)22-11-13-27(34)14-12-22)23-7-5-8-25(19-23)29(38)21-33(16-6-17-33)26-9-3-2-4-10-26/h2-5,7-15,18-20H,6,16-17,21H2,1H3,(H,35,39). The van der Waals surface area contributed by atoms with Crippen LogP contribution in [0.25, 0.3) is 27.9 Å². The summed E-state index contributed by atoms with van der Waals surface area (Å²) in [5, 5.41) is 7.33. The Morgan fingerprint density at radius 1 is 0.897 bits per heavy atom. The predicted molar refractivity (Wildman–Crippen MR) is 150 cm³/mol. The van der Waals surface area contributed by atoms with Gasteiger partial charge in [0.2, 0.25) is 0 Å². The van der Waals surface area contributed by atoms with Crippen LogP contribution in [0.5, 0.6) is 0 Å². The lowest BCUT2D eigenvalue weighted by molar-refractivity contribution is 0.0904. The van der Waals surface area contributed by atoms with Gasteiger partial charge in [0, 0.05) is 36.2 Å². The van der Waals surface area contributed by atoms with Gasteiger partial charge in [0.05, 0.1) is 11.1 Å². The van der Waals surface area contributed by atoms with E-state index in [0.717, 1.165) is 30.4 Å². The van der Waals surface area contributed by atoms with Crippen molar-refractivity contribution in [2.75, 3.05) is 7.05 Å². The molecule has 39 heavy (non-hydrogen) atoms. The quantitative estimate of drug-likeness (QED) is 0.240. The van der Waals surface area contributed by atoms with Crippen molar-refractivity contribution in [3.63, 3.8) is 0 Å². The van der Waals surface area contributed by atoms with Crippen molar-refractivity contribution in [1.29, 1.82) is 0 Å². The average molecular weight is 518 g/mol. The molecule has 1 N–H and O–H groups in total. The molecule has 5 aromatic rings. The van der Waals surface area contributed by atoms with Gasteiger partial charge < -0.3 is 5.32 Å². The minimum atomic E-state index is -0.354. The SMILES string of the molecule is CNC(=O)c1c(-c2ccc(F)cc2)nn2ccc(-c3cccc(C(=O)CC4(c5ccccc5)CCC4)c3)cc12. The molecule has 0 atom stereocenters. The predicted octanol–water partition coefficient (Wildman–Crippen LogP) is 6.86. The number of fused-ring (bicyclic) bond motifs is 1. The van der Waals surface area contributed by atoms with Crippen LogP contribution in [-0.2, 0) is 5.41 Å². The van der Waals surface area contributed by atoms with Crippen LogP contribution in [0.15, 0.2) is 97.2 Å². The van der Waals surface area contributed by atoms with Crippen molar-refractivity contribution >= 4 is 17.2 Å². The van der Waals surface area contributed by atoms with Crippen molar-refractivity contribution in [1.82, 2.24) is 14.9 Å². The first-order valence-electron chi connectivity index (χ1n) is 13.2. The van der Waals surface area contributed by atoms with Crippen LogP contribution in [0.1, 0.15) is 52.0 Å². The number of pyridine rings is 1. The third-order valence-corrected chi connectivity index (χ3v) is 7.92. The number of hydrogen-bond acceptors (Lipinski definition) is 3. The van der Waals surface area contributed by atoms with E-state index in [2.05, 4.69) is 22.5 Å². The Morgan fingerprint density at radius 3 is 2.33 bits per heavy atom. The molecule has 0 radical (unpaired) electrons. The highest BCUT2D eigenvalue weighted by Crippen LogP contribution is 2.47. The molecule has 6 rings (SSSR count). The number of nitrogens with one attached hydrogen (secondary N) is 1. The summed E-state index contributed by atoms with van der Waals surface area (Å²) in [6.45, 7) is 0. The zero-order valence-corrected chi connectivity index (χ0v) is 21.7. The Kier molecular flexibility index (Phi) is 6.31. The number of nitrogens with zero attached hydrogens (tertiary/aromatic N) is 2. The number of Topliss-reactive ketones (excluding diaryl/α,β-unsaturated/α-hetero) is 1. The van der Waals surface area contributed by atoms with Crippen LogP contribution < -0.4 is 5.32 Å². The molecule has 2 aromatic heterocycles. The van der Waals surface area contributed by atoms with Gasteiger partial charge in [-0.2, -0.15) is 5.10 Å². The molecule has 1 aliphatic carbocycles. The van der Waals surface area contributed by atoms with Gasteiger partial charge in [-0.15, -0.1) is 0 Å². The monoisotopic (exact) mass is 517 g/mol. The smallest absolute Gasteiger partial charge is 0.255 e. The lowest BCUT2D eigenvalue weighted by Gasteiger charge is -2.42. The number of amides is 1. The molecule has 1 aliphatic rings.